The van der Waals surface area contributed by atoms with Gasteiger partial charge in [-0.25, -0.2) is 14.4 Å². The molecular formula is C12H10ClFN4O. The molecule has 1 aromatic carbocycles. The molecule has 5 nitrogen and oxygen atoms in total. The zero-order valence-corrected chi connectivity index (χ0v) is 10.5. The van der Waals surface area contributed by atoms with Gasteiger partial charge in [0.05, 0.1) is 12.9 Å². The first-order valence-corrected chi connectivity index (χ1v) is 5.99. The largest absolute Gasteiger partial charge is 0.366 e. The summed E-state index contributed by atoms with van der Waals surface area (Å²) in [5.74, 6) is 0.317. The average molecular weight is 281 g/mol. The molecule has 1 aliphatic heterocycles. The van der Waals surface area contributed by atoms with Gasteiger partial charge in [-0.05, 0) is 29.3 Å². The van der Waals surface area contributed by atoms with Gasteiger partial charge < -0.3 is 15.0 Å². The molecule has 0 saturated carbocycles. The van der Waals surface area contributed by atoms with Crippen LogP contribution in [0.2, 0.25) is 0 Å². The maximum atomic E-state index is 12.8. The molecule has 1 aliphatic rings. The maximum Gasteiger partial charge on any atom is 0.199 e. The normalized spacial score (nSPS) is 17.6. The van der Waals surface area contributed by atoms with E-state index < -0.39 is 6.23 Å². The summed E-state index contributed by atoms with van der Waals surface area (Å²) in [6.07, 6.45) is 0.521. The summed E-state index contributed by atoms with van der Waals surface area (Å²) < 4.78 is 14.6. The SMILES string of the molecule is OC1N=C(Cl)Nc2c1ncn2Cc1ccc(F)cc1. The molecule has 7 heteroatoms. The minimum atomic E-state index is -1.06. The zero-order valence-electron chi connectivity index (χ0n) is 9.72. The summed E-state index contributed by atoms with van der Waals surface area (Å²) in [6, 6.07) is 6.18. The highest BCUT2D eigenvalue weighted by Crippen LogP contribution is 2.28. The molecule has 0 bridgehead atoms. The Kier molecular flexibility index (Phi) is 2.96. The van der Waals surface area contributed by atoms with E-state index in [-0.39, 0.29) is 11.1 Å². The lowest BCUT2D eigenvalue weighted by molar-refractivity contribution is 0.184. The van der Waals surface area contributed by atoms with Gasteiger partial charge in [0.15, 0.2) is 11.5 Å². The molecule has 2 heterocycles. The number of halogens is 2. The number of anilines is 1. The van der Waals surface area contributed by atoms with Crippen LogP contribution >= 0.6 is 11.6 Å². The Labute approximate surface area is 113 Å². The molecule has 1 unspecified atom stereocenters. The number of aromatic nitrogens is 2. The fourth-order valence-electron chi connectivity index (χ4n) is 1.93. The Morgan fingerprint density at radius 1 is 1.37 bits per heavy atom. The van der Waals surface area contributed by atoms with E-state index in [9.17, 15) is 9.50 Å². The van der Waals surface area contributed by atoms with E-state index in [4.69, 9.17) is 11.6 Å². The highest BCUT2D eigenvalue weighted by Gasteiger charge is 2.23. The summed E-state index contributed by atoms with van der Waals surface area (Å²) in [4.78, 5) is 7.85. The molecular weight excluding hydrogens is 271 g/mol. The Bertz CT molecular complexity index is 638. The number of aliphatic hydroxyl groups excluding tert-OH is 1. The van der Waals surface area contributed by atoms with Crippen LogP contribution in [0.4, 0.5) is 10.2 Å². The Balaban J connectivity index is 1.90. The number of aliphatic imine (C=N–C) groups is 1. The van der Waals surface area contributed by atoms with E-state index in [2.05, 4.69) is 15.3 Å². The number of hydrogen-bond acceptors (Lipinski definition) is 4. The van der Waals surface area contributed by atoms with Crippen LogP contribution in [0.1, 0.15) is 17.5 Å². The molecule has 0 saturated heterocycles. The van der Waals surface area contributed by atoms with Gasteiger partial charge >= 0.3 is 0 Å². The molecule has 1 aromatic heterocycles. The minimum Gasteiger partial charge on any atom is -0.366 e. The maximum absolute atomic E-state index is 12.8. The number of nitrogens with zero attached hydrogens (tertiary/aromatic N) is 3. The Hall–Kier alpha value is -1.92. The van der Waals surface area contributed by atoms with Gasteiger partial charge in [-0.2, -0.15) is 0 Å². The van der Waals surface area contributed by atoms with Crippen LogP contribution in [0.3, 0.4) is 0 Å². The standard InChI is InChI=1S/C12H10ClFN4O/c13-12-16-10-9(11(19)17-12)15-6-18(10)5-7-1-3-8(14)4-2-7/h1-4,6,11,19H,5H2,(H,16,17). The molecule has 3 rings (SSSR count). The van der Waals surface area contributed by atoms with Crippen molar-refractivity contribution >= 4 is 22.7 Å². The van der Waals surface area contributed by atoms with Gasteiger partial charge in [0.2, 0.25) is 0 Å². The molecule has 0 aliphatic carbocycles. The van der Waals surface area contributed by atoms with Gasteiger partial charge in [0.25, 0.3) is 0 Å². The lowest BCUT2D eigenvalue weighted by atomic mass is 10.2. The molecule has 0 radical (unpaired) electrons. The fraction of sp³-hybridized carbons (Fsp3) is 0.167. The van der Waals surface area contributed by atoms with Gasteiger partial charge in [-0.3, -0.25) is 0 Å². The van der Waals surface area contributed by atoms with Crippen LogP contribution in [0.15, 0.2) is 35.6 Å². The highest BCUT2D eigenvalue weighted by molar-refractivity contribution is 6.67. The van der Waals surface area contributed by atoms with E-state index >= 15 is 0 Å². The van der Waals surface area contributed by atoms with Crippen molar-refractivity contribution in [3.05, 3.63) is 47.7 Å². The van der Waals surface area contributed by atoms with Gasteiger partial charge in [0, 0.05) is 0 Å². The van der Waals surface area contributed by atoms with Crippen molar-refractivity contribution in [2.45, 2.75) is 12.8 Å². The lowest BCUT2D eigenvalue weighted by Gasteiger charge is -2.17. The first-order chi connectivity index (χ1) is 9.13. The summed E-state index contributed by atoms with van der Waals surface area (Å²) in [5.41, 5.74) is 1.34. The first kappa shape index (κ1) is 12.1. The quantitative estimate of drug-likeness (QED) is 0.828. The molecule has 98 valence electrons. The van der Waals surface area contributed by atoms with Crippen LogP contribution in [0.25, 0.3) is 0 Å². The second-order valence-corrected chi connectivity index (χ2v) is 4.51. The van der Waals surface area contributed by atoms with Gasteiger partial charge in [-0.15, -0.1) is 0 Å². The molecule has 0 spiro atoms. The molecule has 1 atom stereocenters. The third-order valence-corrected chi connectivity index (χ3v) is 3.03. The van der Waals surface area contributed by atoms with Crippen molar-refractivity contribution in [1.82, 2.24) is 9.55 Å². The summed E-state index contributed by atoms with van der Waals surface area (Å²) in [6.45, 7) is 0.493. The Morgan fingerprint density at radius 2 is 2.11 bits per heavy atom. The van der Waals surface area contributed by atoms with E-state index in [1.165, 1.54) is 12.1 Å². The average Bonchev–Trinajstić information content (AvgIpc) is 2.76. The second-order valence-electron chi connectivity index (χ2n) is 4.15. The number of imidazole rings is 1. The summed E-state index contributed by atoms with van der Waals surface area (Å²) in [7, 11) is 0. The van der Waals surface area contributed by atoms with E-state index in [0.29, 0.717) is 18.1 Å². The Morgan fingerprint density at radius 3 is 2.84 bits per heavy atom. The third kappa shape index (κ3) is 2.32. The highest BCUT2D eigenvalue weighted by atomic mass is 35.5. The number of amidine groups is 1. The second kappa shape index (κ2) is 4.64. The number of hydrogen-bond donors (Lipinski definition) is 2. The predicted octanol–water partition coefficient (Wildman–Crippen LogP) is 2.08. The topological polar surface area (TPSA) is 62.4 Å². The number of fused-ring (bicyclic) bond motifs is 1. The number of rotatable bonds is 2. The van der Waals surface area contributed by atoms with Gasteiger partial charge in [-0.1, -0.05) is 12.1 Å². The van der Waals surface area contributed by atoms with Crippen molar-refractivity contribution in [1.29, 1.82) is 0 Å². The van der Waals surface area contributed by atoms with Crippen LogP contribution in [0.5, 0.6) is 0 Å². The fourth-order valence-corrected chi connectivity index (χ4v) is 2.11. The van der Waals surface area contributed by atoms with Crippen LogP contribution in [-0.4, -0.2) is 20.0 Å². The smallest absolute Gasteiger partial charge is 0.199 e. The van der Waals surface area contributed by atoms with Crippen molar-refractivity contribution in [2.24, 2.45) is 4.99 Å². The summed E-state index contributed by atoms with van der Waals surface area (Å²) in [5, 5.41) is 12.7. The van der Waals surface area contributed by atoms with Crippen molar-refractivity contribution in [2.75, 3.05) is 5.32 Å². The molecule has 2 N–H and O–H groups in total. The van der Waals surface area contributed by atoms with E-state index in [0.717, 1.165) is 5.56 Å². The number of nitrogens with one attached hydrogen (secondary N) is 1. The molecule has 0 fully saturated rings. The van der Waals surface area contributed by atoms with Crippen LogP contribution in [-0.2, 0) is 6.54 Å². The zero-order chi connectivity index (χ0) is 13.4. The van der Waals surface area contributed by atoms with Crippen molar-refractivity contribution in [3.8, 4) is 0 Å². The molecule has 2 aromatic rings. The lowest BCUT2D eigenvalue weighted by Crippen LogP contribution is -2.18. The predicted molar refractivity (Wildman–Crippen MR) is 69.6 cm³/mol. The molecule has 19 heavy (non-hydrogen) atoms. The monoisotopic (exact) mass is 280 g/mol. The van der Waals surface area contributed by atoms with Crippen LogP contribution in [0, 0.1) is 5.82 Å². The number of benzene rings is 1. The molecule has 0 amide bonds. The van der Waals surface area contributed by atoms with E-state index in [1.54, 1.807) is 23.0 Å². The minimum absolute atomic E-state index is 0.112. The van der Waals surface area contributed by atoms with Crippen LogP contribution < -0.4 is 5.32 Å². The van der Waals surface area contributed by atoms with Crippen molar-refractivity contribution < 1.29 is 9.50 Å². The summed E-state index contributed by atoms with van der Waals surface area (Å²) >= 11 is 5.78. The van der Waals surface area contributed by atoms with E-state index in [1.807, 2.05) is 0 Å². The first-order valence-electron chi connectivity index (χ1n) is 5.61. The number of aliphatic hydroxyl groups is 1. The third-order valence-electron chi connectivity index (χ3n) is 2.83. The van der Waals surface area contributed by atoms with Crippen molar-refractivity contribution in [3.63, 3.8) is 0 Å². The van der Waals surface area contributed by atoms with Gasteiger partial charge in [0.1, 0.15) is 17.3 Å².